The minimum Gasteiger partial charge on any atom is -0.493 e. The molecular weight excluding hydrogens is 392 g/mol. The number of aliphatic hydroxyl groups excluding tert-OH is 1. The van der Waals surface area contributed by atoms with Crippen LogP contribution in [0.15, 0.2) is 47.5 Å². The molecule has 0 aliphatic heterocycles. The Labute approximate surface area is 186 Å². The average molecular weight is 429 g/mol. The third-order valence-corrected chi connectivity index (χ3v) is 4.76. The van der Waals surface area contributed by atoms with Crippen LogP contribution in [0.2, 0.25) is 0 Å². The van der Waals surface area contributed by atoms with Crippen molar-refractivity contribution < 1.29 is 14.6 Å². The van der Waals surface area contributed by atoms with Gasteiger partial charge in [0.1, 0.15) is 6.61 Å². The fourth-order valence-corrected chi connectivity index (χ4v) is 3.20. The van der Waals surface area contributed by atoms with Crippen molar-refractivity contribution in [1.29, 1.82) is 0 Å². The molecule has 170 valence electrons. The fraction of sp³-hybridized carbons (Fsp3) is 0.458. The molecule has 31 heavy (non-hydrogen) atoms. The maximum atomic E-state index is 8.94. The Kier molecular flexibility index (Phi) is 10.5. The molecular formula is C24H36N4O3. The summed E-state index contributed by atoms with van der Waals surface area (Å²) in [7, 11) is 1.60. The van der Waals surface area contributed by atoms with E-state index in [1.54, 1.807) is 7.11 Å². The zero-order valence-corrected chi connectivity index (χ0v) is 19.1. The summed E-state index contributed by atoms with van der Waals surface area (Å²) in [6.45, 7) is 10.5. The Morgan fingerprint density at radius 1 is 1.10 bits per heavy atom. The van der Waals surface area contributed by atoms with Gasteiger partial charge in [-0.2, -0.15) is 0 Å². The van der Waals surface area contributed by atoms with Crippen LogP contribution < -0.4 is 25.0 Å². The lowest BCUT2D eigenvalue weighted by Gasteiger charge is -2.24. The molecule has 2 aromatic carbocycles. The molecule has 0 aromatic heterocycles. The van der Waals surface area contributed by atoms with Crippen molar-refractivity contribution in [2.75, 3.05) is 51.4 Å². The lowest BCUT2D eigenvalue weighted by Crippen LogP contribution is -2.41. The Bertz CT molecular complexity index is 826. The number of ether oxygens (including phenoxy) is 2. The summed E-state index contributed by atoms with van der Waals surface area (Å²) in [5, 5.41) is 15.7. The van der Waals surface area contributed by atoms with Crippen molar-refractivity contribution in [3.8, 4) is 11.5 Å². The Morgan fingerprint density at radius 2 is 1.94 bits per heavy atom. The van der Waals surface area contributed by atoms with E-state index in [1.165, 1.54) is 11.3 Å². The van der Waals surface area contributed by atoms with E-state index >= 15 is 0 Å². The zero-order chi connectivity index (χ0) is 22.5. The number of aliphatic hydroxyl groups is 1. The van der Waals surface area contributed by atoms with Crippen molar-refractivity contribution in [3.63, 3.8) is 0 Å². The van der Waals surface area contributed by atoms with Gasteiger partial charge >= 0.3 is 0 Å². The summed E-state index contributed by atoms with van der Waals surface area (Å²) in [5.74, 6) is 2.03. The van der Waals surface area contributed by atoms with Gasteiger partial charge in [0.25, 0.3) is 0 Å². The third-order valence-electron chi connectivity index (χ3n) is 4.76. The van der Waals surface area contributed by atoms with Gasteiger partial charge in [-0.25, -0.2) is 4.99 Å². The molecule has 0 spiro atoms. The Morgan fingerprint density at radius 3 is 2.61 bits per heavy atom. The maximum absolute atomic E-state index is 8.94. The van der Waals surface area contributed by atoms with E-state index in [0.717, 1.165) is 37.7 Å². The number of guanidine groups is 1. The topological polar surface area (TPSA) is 78.4 Å². The lowest BCUT2D eigenvalue weighted by atomic mass is 10.2. The number of nitrogens with zero attached hydrogens (tertiary/aromatic N) is 2. The minimum absolute atomic E-state index is 0.0355. The number of aliphatic imine (C=N–C) groups is 1. The van der Waals surface area contributed by atoms with Gasteiger partial charge in [-0.15, -0.1) is 0 Å². The van der Waals surface area contributed by atoms with E-state index in [-0.39, 0.29) is 13.2 Å². The predicted octanol–water partition coefficient (Wildman–Crippen LogP) is 2.96. The van der Waals surface area contributed by atoms with Crippen molar-refractivity contribution in [3.05, 3.63) is 53.6 Å². The quantitative estimate of drug-likeness (QED) is 0.356. The van der Waals surface area contributed by atoms with E-state index in [9.17, 15) is 0 Å². The van der Waals surface area contributed by atoms with Gasteiger partial charge in [0.2, 0.25) is 0 Å². The second-order valence-electron chi connectivity index (χ2n) is 7.10. The number of methoxy groups -OCH3 is 1. The second-order valence-corrected chi connectivity index (χ2v) is 7.10. The number of anilines is 1. The summed E-state index contributed by atoms with van der Waals surface area (Å²) in [4.78, 5) is 7.05. The molecule has 0 bridgehead atoms. The first kappa shape index (κ1) is 24.3. The monoisotopic (exact) mass is 428 g/mol. The van der Waals surface area contributed by atoms with E-state index in [4.69, 9.17) is 19.6 Å². The van der Waals surface area contributed by atoms with Crippen LogP contribution in [0.5, 0.6) is 11.5 Å². The molecule has 0 fully saturated rings. The largest absolute Gasteiger partial charge is 0.493 e. The zero-order valence-electron chi connectivity index (χ0n) is 19.1. The number of hydrogen-bond donors (Lipinski definition) is 3. The van der Waals surface area contributed by atoms with Crippen LogP contribution in [-0.4, -0.2) is 57.6 Å². The molecule has 0 aliphatic rings. The third kappa shape index (κ3) is 8.02. The molecule has 0 heterocycles. The molecule has 2 rings (SSSR count). The predicted molar refractivity (Wildman–Crippen MR) is 127 cm³/mol. The highest BCUT2D eigenvalue weighted by atomic mass is 16.5. The molecule has 3 N–H and O–H groups in total. The van der Waals surface area contributed by atoms with Gasteiger partial charge < -0.3 is 30.1 Å². The van der Waals surface area contributed by atoms with E-state index in [1.807, 2.05) is 18.2 Å². The molecule has 2 aromatic rings. The molecule has 0 radical (unpaired) electrons. The fourth-order valence-electron chi connectivity index (χ4n) is 3.20. The van der Waals surface area contributed by atoms with Crippen LogP contribution in [0, 0.1) is 6.92 Å². The number of nitrogens with one attached hydrogen (secondary N) is 2. The van der Waals surface area contributed by atoms with E-state index < -0.39 is 0 Å². The molecule has 0 atom stereocenters. The van der Waals surface area contributed by atoms with Gasteiger partial charge in [0.05, 0.1) is 20.3 Å². The lowest BCUT2D eigenvalue weighted by molar-refractivity contribution is 0.196. The van der Waals surface area contributed by atoms with Gasteiger partial charge in [0.15, 0.2) is 17.5 Å². The maximum Gasteiger partial charge on any atom is 0.191 e. The van der Waals surface area contributed by atoms with Crippen molar-refractivity contribution in [1.82, 2.24) is 10.6 Å². The van der Waals surface area contributed by atoms with Gasteiger partial charge in [-0.1, -0.05) is 18.2 Å². The first-order chi connectivity index (χ1) is 15.1. The molecule has 7 nitrogen and oxygen atoms in total. The molecule has 7 heteroatoms. The number of benzene rings is 2. The number of hydrogen-bond acceptors (Lipinski definition) is 5. The summed E-state index contributed by atoms with van der Waals surface area (Å²) >= 11 is 0. The normalized spacial score (nSPS) is 11.2. The highest BCUT2D eigenvalue weighted by molar-refractivity contribution is 5.79. The SMILES string of the molecule is CCNC(=NCc1ccc(OCCO)c(OC)c1)NCCN(CC)c1cccc(C)c1. The van der Waals surface area contributed by atoms with Crippen LogP contribution in [0.4, 0.5) is 5.69 Å². The molecule has 0 amide bonds. The van der Waals surface area contributed by atoms with Crippen LogP contribution in [0.25, 0.3) is 0 Å². The summed E-state index contributed by atoms with van der Waals surface area (Å²) in [6.07, 6.45) is 0. The van der Waals surface area contributed by atoms with E-state index in [0.29, 0.717) is 18.0 Å². The summed E-state index contributed by atoms with van der Waals surface area (Å²) in [5.41, 5.74) is 3.52. The number of likely N-dealkylation sites (N-methyl/N-ethyl adjacent to an activating group) is 1. The molecule has 0 unspecified atom stereocenters. The Hall–Kier alpha value is -2.93. The van der Waals surface area contributed by atoms with Crippen molar-refractivity contribution in [2.24, 2.45) is 4.99 Å². The molecule has 0 aliphatic carbocycles. The summed E-state index contributed by atoms with van der Waals surface area (Å²) < 4.78 is 10.9. The van der Waals surface area contributed by atoms with Gasteiger partial charge in [-0.3, -0.25) is 0 Å². The van der Waals surface area contributed by atoms with Crippen LogP contribution in [0.3, 0.4) is 0 Å². The summed E-state index contributed by atoms with van der Waals surface area (Å²) in [6, 6.07) is 14.3. The smallest absolute Gasteiger partial charge is 0.191 e. The average Bonchev–Trinajstić information content (AvgIpc) is 2.79. The standard InChI is InChI=1S/C24H36N4O3/c1-5-25-24(26-12-13-28(6-2)21-9-7-8-19(3)16-21)27-18-20-10-11-22(31-15-14-29)23(17-20)30-4/h7-11,16-17,29H,5-6,12-15,18H2,1-4H3,(H2,25,26,27). The Balaban J connectivity index is 1.96. The van der Waals surface area contributed by atoms with Crippen molar-refractivity contribution in [2.45, 2.75) is 27.3 Å². The first-order valence-electron chi connectivity index (χ1n) is 10.9. The number of rotatable bonds is 12. The van der Waals surface area contributed by atoms with Crippen LogP contribution >= 0.6 is 0 Å². The second kappa shape index (κ2) is 13.4. The van der Waals surface area contributed by atoms with E-state index in [2.05, 4.69) is 60.6 Å². The van der Waals surface area contributed by atoms with Gasteiger partial charge in [-0.05, 0) is 56.2 Å². The van der Waals surface area contributed by atoms with Gasteiger partial charge in [0, 0.05) is 31.9 Å². The van der Waals surface area contributed by atoms with Crippen LogP contribution in [0.1, 0.15) is 25.0 Å². The van der Waals surface area contributed by atoms with Crippen LogP contribution in [-0.2, 0) is 6.54 Å². The highest BCUT2D eigenvalue weighted by Crippen LogP contribution is 2.28. The highest BCUT2D eigenvalue weighted by Gasteiger charge is 2.07. The number of aryl methyl sites for hydroxylation is 1. The first-order valence-corrected chi connectivity index (χ1v) is 10.9. The molecule has 0 saturated carbocycles. The minimum atomic E-state index is -0.0355. The molecule has 0 saturated heterocycles. The van der Waals surface area contributed by atoms with Crippen molar-refractivity contribution >= 4 is 11.6 Å².